The third kappa shape index (κ3) is 2.38. The summed E-state index contributed by atoms with van der Waals surface area (Å²) in [7, 11) is 0. The van der Waals surface area contributed by atoms with Crippen molar-refractivity contribution in [3.05, 3.63) is 59.0 Å². The van der Waals surface area contributed by atoms with E-state index in [1.165, 1.54) is 0 Å². The molecule has 1 N–H and O–H groups in total. The Morgan fingerprint density at radius 2 is 1.96 bits per heavy atom. The number of rotatable bonds is 2. The first-order chi connectivity index (χ1) is 12.8. The summed E-state index contributed by atoms with van der Waals surface area (Å²) in [6.07, 6.45) is 3.56. The van der Waals surface area contributed by atoms with Gasteiger partial charge in [-0.25, -0.2) is 0 Å². The van der Waals surface area contributed by atoms with Gasteiger partial charge in [0.05, 0.1) is 18.6 Å². The fourth-order valence-electron chi connectivity index (χ4n) is 3.49. The summed E-state index contributed by atoms with van der Waals surface area (Å²) in [4.78, 5) is 22.5. The van der Waals surface area contributed by atoms with Crippen LogP contribution in [0.1, 0.15) is 0 Å². The van der Waals surface area contributed by atoms with E-state index in [4.69, 9.17) is 9.15 Å². The first kappa shape index (κ1) is 15.2. The zero-order valence-electron chi connectivity index (χ0n) is 14.1. The van der Waals surface area contributed by atoms with Crippen LogP contribution in [-0.4, -0.2) is 36.3 Å². The van der Waals surface area contributed by atoms with E-state index in [2.05, 4.69) is 9.97 Å². The van der Waals surface area contributed by atoms with Gasteiger partial charge in [0.15, 0.2) is 16.9 Å². The van der Waals surface area contributed by atoms with Gasteiger partial charge in [-0.05, 0) is 18.2 Å². The maximum Gasteiger partial charge on any atom is 0.200 e. The van der Waals surface area contributed by atoms with E-state index in [-0.39, 0.29) is 5.43 Å². The number of H-pyrrole nitrogens is 1. The normalized spacial score (nSPS) is 15.0. The average molecular weight is 347 g/mol. The van der Waals surface area contributed by atoms with Gasteiger partial charge >= 0.3 is 0 Å². The molecule has 1 saturated heterocycles. The molecule has 130 valence electrons. The van der Waals surface area contributed by atoms with Crippen molar-refractivity contribution in [2.75, 3.05) is 31.2 Å². The summed E-state index contributed by atoms with van der Waals surface area (Å²) in [5, 5.41) is 1.59. The van der Waals surface area contributed by atoms with E-state index >= 15 is 0 Å². The maximum absolute atomic E-state index is 12.7. The van der Waals surface area contributed by atoms with Crippen LogP contribution < -0.4 is 10.3 Å². The third-order valence-corrected chi connectivity index (χ3v) is 4.80. The lowest BCUT2D eigenvalue weighted by molar-refractivity contribution is 0.121. The number of morpholine rings is 1. The number of hydrogen-bond acceptors (Lipinski definition) is 5. The van der Waals surface area contributed by atoms with Crippen LogP contribution in [-0.2, 0) is 4.74 Å². The standard InChI is InChI=1S/C20H17N3O3/c24-17-12-18(23-8-10-25-11-9-23)26-20-15(17)5-7-22-19(20)14-2-1-3-16-13(14)4-6-21-16/h1-7,12,21H,8-11H2. The van der Waals surface area contributed by atoms with Gasteiger partial charge in [-0.2, -0.15) is 0 Å². The molecule has 0 amide bonds. The molecule has 0 bridgehead atoms. The maximum atomic E-state index is 12.7. The fourth-order valence-corrected chi connectivity index (χ4v) is 3.49. The van der Waals surface area contributed by atoms with Crippen LogP contribution in [0.5, 0.6) is 0 Å². The van der Waals surface area contributed by atoms with Crippen molar-refractivity contribution in [1.82, 2.24) is 9.97 Å². The van der Waals surface area contributed by atoms with Crippen molar-refractivity contribution >= 4 is 27.8 Å². The topological polar surface area (TPSA) is 71.4 Å². The molecule has 4 aromatic rings. The molecule has 0 aliphatic carbocycles. The van der Waals surface area contributed by atoms with Crippen LogP contribution in [0, 0.1) is 0 Å². The second-order valence-electron chi connectivity index (χ2n) is 6.33. The fraction of sp³-hybridized carbons (Fsp3) is 0.200. The van der Waals surface area contributed by atoms with E-state index in [9.17, 15) is 4.79 Å². The van der Waals surface area contributed by atoms with Gasteiger partial charge in [-0.3, -0.25) is 9.78 Å². The first-order valence-electron chi connectivity index (χ1n) is 8.63. The summed E-state index contributed by atoms with van der Waals surface area (Å²) in [5.74, 6) is 0.571. The second kappa shape index (κ2) is 6.00. The number of benzene rings is 1. The quantitative estimate of drug-likeness (QED) is 0.603. The Balaban J connectivity index is 1.76. The smallest absolute Gasteiger partial charge is 0.200 e. The van der Waals surface area contributed by atoms with E-state index in [0.717, 1.165) is 16.5 Å². The van der Waals surface area contributed by atoms with Crippen molar-refractivity contribution in [2.45, 2.75) is 0 Å². The number of aromatic nitrogens is 2. The van der Waals surface area contributed by atoms with Gasteiger partial charge in [0, 0.05) is 48.0 Å². The van der Waals surface area contributed by atoms with Gasteiger partial charge in [0.25, 0.3) is 0 Å². The molecule has 3 aromatic heterocycles. The Morgan fingerprint density at radius 3 is 2.85 bits per heavy atom. The summed E-state index contributed by atoms with van der Waals surface area (Å²) in [6.45, 7) is 2.67. The predicted molar refractivity (Wildman–Crippen MR) is 101 cm³/mol. The molecule has 26 heavy (non-hydrogen) atoms. The molecule has 0 spiro atoms. The largest absolute Gasteiger partial charge is 0.438 e. The molecule has 1 aliphatic rings. The van der Waals surface area contributed by atoms with Gasteiger partial charge in [-0.1, -0.05) is 12.1 Å². The number of fused-ring (bicyclic) bond motifs is 2. The molecule has 4 heterocycles. The van der Waals surface area contributed by atoms with E-state index < -0.39 is 0 Å². The number of anilines is 1. The lowest BCUT2D eigenvalue weighted by Gasteiger charge is -2.27. The Kier molecular flexibility index (Phi) is 3.50. The molecule has 6 heteroatoms. The molecular weight excluding hydrogens is 330 g/mol. The van der Waals surface area contributed by atoms with E-state index in [1.807, 2.05) is 35.4 Å². The molecule has 0 unspecified atom stereocenters. The molecule has 5 rings (SSSR count). The van der Waals surface area contributed by atoms with Crippen LogP contribution in [0.4, 0.5) is 5.88 Å². The summed E-state index contributed by atoms with van der Waals surface area (Å²) >= 11 is 0. The van der Waals surface area contributed by atoms with Crippen molar-refractivity contribution in [3.8, 4) is 11.3 Å². The molecule has 0 atom stereocenters. The minimum Gasteiger partial charge on any atom is -0.438 e. The van der Waals surface area contributed by atoms with Gasteiger partial charge in [0.2, 0.25) is 0 Å². The van der Waals surface area contributed by atoms with Crippen molar-refractivity contribution < 1.29 is 9.15 Å². The van der Waals surface area contributed by atoms with Crippen LogP contribution in [0.15, 0.2) is 58.0 Å². The van der Waals surface area contributed by atoms with Gasteiger partial charge < -0.3 is 19.0 Å². The van der Waals surface area contributed by atoms with Crippen LogP contribution in [0.3, 0.4) is 0 Å². The summed E-state index contributed by atoms with van der Waals surface area (Å²) in [6, 6.07) is 11.3. The molecule has 0 saturated carbocycles. The highest BCUT2D eigenvalue weighted by molar-refractivity contribution is 6.01. The molecule has 6 nitrogen and oxygen atoms in total. The first-order valence-corrected chi connectivity index (χ1v) is 8.63. The zero-order valence-corrected chi connectivity index (χ0v) is 14.1. The van der Waals surface area contributed by atoms with Crippen molar-refractivity contribution in [2.24, 2.45) is 0 Å². The van der Waals surface area contributed by atoms with Crippen molar-refractivity contribution in [1.29, 1.82) is 0 Å². The SMILES string of the molecule is O=c1cc(N2CCOCC2)oc2c(-c3cccc4[nH]ccc34)nccc12. The highest BCUT2D eigenvalue weighted by atomic mass is 16.5. The number of aromatic amines is 1. The third-order valence-electron chi connectivity index (χ3n) is 4.80. The number of nitrogens with one attached hydrogen (secondary N) is 1. The highest BCUT2D eigenvalue weighted by Crippen LogP contribution is 2.32. The van der Waals surface area contributed by atoms with E-state index in [0.29, 0.717) is 48.9 Å². The minimum absolute atomic E-state index is 0.0577. The summed E-state index contributed by atoms with van der Waals surface area (Å²) < 4.78 is 11.6. The Bertz CT molecular complexity index is 1160. The highest BCUT2D eigenvalue weighted by Gasteiger charge is 2.18. The zero-order chi connectivity index (χ0) is 17.5. The van der Waals surface area contributed by atoms with Crippen LogP contribution >= 0.6 is 0 Å². The van der Waals surface area contributed by atoms with E-state index in [1.54, 1.807) is 18.3 Å². The van der Waals surface area contributed by atoms with Crippen LogP contribution in [0.2, 0.25) is 0 Å². The number of ether oxygens (including phenoxy) is 1. The van der Waals surface area contributed by atoms with Gasteiger partial charge in [-0.15, -0.1) is 0 Å². The Morgan fingerprint density at radius 1 is 1.08 bits per heavy atom. The summed E-state index contributed by atoms with van der Waals surface area (Å²) in [5.41, 5.74) is 3.11. The average Bonchev–Trinajstić information content (AvgIpc) is 3.17. The molecule has 1 fully saturated rings. The van der Waals surface area contributed by atoms with Crippen molar-refractivity contribution in [3.63, 3.8) is 0 Å². The lowest BCUT2D eigenvalue weighted by atomic mass is 10.0. The lowest BCUT2D eigenvalue weighted by Crippen LogP contribution is -2.36. The predicted octanol–water partition coefficient (Wildman–Crippen LogP) is 3.17. The molecule has 1 aliphatic heterocycles. The van der Waals surface area contributed by atoms with Crippen LogP contribution in [0.25, 0.3) is 33.1 Å². The Hall–Kier alpha value is -3.12. The minimum atomic E-state index is -0.0577. The molecule has 0 radical (unpaired) electrons. The molecular formula is C20H17N3O3. The molecule has 1 aromatic carbocycles. The Labute approximate surface area is 149 Å². The second-order valence-corrected chi connectivity index (χ2v) is 6.33. The number of pyridine rings is 1. The monoisotopic (exact) mass is 347 g/mol. The number of nitrogens with zero attached hydrogens (tertiary/aromatic N) is 2. The van der Waals surface area contributed by atoms with Gasteiger partial charge in [0.1, 0.15) is 5.69 Å². The number of hydrogen-bond donors (Lipinski definition) is 1.